The van der Waals surface area contributed by atoms with Crippen LogP contribution in [0, 0.1) is 17.0 Å². The lowest BCUT2D eigenvalue weighted by molar-refractivity contribution is 0.0102. The highest BCUT2D eigenvalue weighted by Gasteiger charge is 2.41. The number of amides is 1. The van der Waals surface area contributed by atoms with Crippen molar-refractivity contribution in [1.82, 2.24) is 24.6 Å². The number of aromatic nitrogens is 3. The summed E-state index contributed by atoms with van der Waals surface area (Å²) in [6, 6.07) is 2.75. The maximum atomic E-state index is 14.0. The molecule has 2 aliphatic rings. The van der Waals surface area contributed by atoms with Crippen LogP contribution in [0.1, 0.15) is 41.9 Å². The van der Waals surface area contributed by atoms with Crippen LogP contribution in [-0.4, -0.2) is 56.7 Å². The van der Waals surface area contributed by atoms with Crippen molar-refractivity contribution in [3.8, 4) is 0 Å². The second-order valence-electron chi connectivity index (χ2n) is 8.07. The van der Waals surface area contributed by atoms with E-state index in [-0.39, 0.29) is 11.1 Å². The van der Waals surface area contributed by atoms with Gasteiger partial charge in [0, 0.05) is 50.9 Å². The van der Waals surface area contributed by atoms with Gasteiger partial charge in [-0.2, -0.15) is 5.10 Å². The Morgan fingerprint density at radius 1 is 1.21 bits per heavy atom. The van der Waals surface area contributed by atoms with Crippen molar-refractivity contribution in [3.05, 3.63) is 47.5 Å². The number of aryl methyl sites for hydroxylation is 1. The zero-order valence-corrected chi connectivity index (χ0v) is 16.1. The lowest BCUT2D eigenvalue weighted by Crippen LogP contribution is -2.53. The zero-order chi connectivity index (χ0) is 19.7. The van der Waals surface area contributed by atoms with Crippen LogP contribution in [0.5, 0.6) is 0 Å². The average Bonchev–Trinajstić information content (AvgIpc) is 3.06. The molecular weight excluding hydrogens is 364 g/mol. The van der Waals surface area contributed by atoms with Gasteiger partial charge in [0.25, 0.3) is 5.91 Å². The normalized spacial score (nSPS) is 23.3. The van der Waals surface area contributed by atoms with Gasteiger partial charge in [-0.3, -0.25) is 14.4 Å². The Labute approximate surface area is 163 Å². The molecule has 1 amide bonds. The van der Waals surface area contributed by atoms with Gasteiger partial charge < -0.3 is 4.90 Å². The van der Waals surface area contributed by atoms with Gasteiger partial charge in [0.1, 0.15) is 5.82 Å². The first-order chi connectivity index (χ1) is 13.5. The summed E-state index contributed by atoms with van der Waals surface area (Å²) in [6.07, 6.45) is 6.76. The van der Waals surface area contributed by atoms with E-state index in [1.165, 1.54) is 5.69 Å². The molecule has 4 rings (SSSR count). The van der Waals surface area contributed by atoms with Crippen molar-refractivity contribution in [3.63, 3.8) is 0 Å². The molecule has 2 fully saturated rings. The third kappa shape index (κ3) is 3.78. The maximum Gasteiger partial charge on any atom is 0.275 e. The molecule has 2 aliphatic heterocycles. The Bertz CT molecular complexity index is 866. The Morgan fingerprint density at radius 2 is 2.00 bits per heavy atom. The molecule has 0 bridgehead atoms. The van der Waals surface area contributed by atoms with Crippen LogP contribution in [0.3, 0.4) is 0 Å². The molecule has 1 atom stereocenters. The fraction of sp³-hybridized carbons (Fsp3) is 0.550. The van der Waals surface area contributed by atoms with Gasteiger partial charge >= 0.3 is 0 Å². The molecule has 6 nitrogen and oxygen atoms in total. The van der Waals surface area contributed by atoms with Crippen molar-refractivity contribution in [2.45, 2.75) is 32.2 Å². The quantitative estimate of drug-likeness (QED) is 0.810. The molecule has 2 aromatic heterocycles. The van der Waals surface area contributed by atoms with E-state index in [9.17, 15) is 13.6 Å². The molecule has 28 heavy (non-hydrogen) atoms. The Kier molecular flexibility index (Phi) is 5.14. The van der Waals surface area contributed by atoms with E-state index in [1.807, 2.05) is 17.8 Å². The minimum absolute atomic E-state index is 0.0151. The van der Waals surface area contributed by atoms with E-state index < -0.39 is 17.5 Å². The third-order valence-corrected chi connectivity index (χ3v) is 6.01. The van der Waals surface area contributed by atoms with Gasteiger partial charge in [-0.25, -0.2) is 13.8 Å². The predicted molar refractivity (Wildman–Crippen MR) is 99.4 cm³/mol. The van der Waals surface area contributed by atoms with Crippen molar-refractivity contribution >= 4 is 5.91 Å². The van der Waals surface area contributed by atoms with E-state index in [1.54, 1.807) is 11.1 Å². The van der Waals surface area contributed by atoms with Gasteiger partial charge in [0.2, 0.25) is 0 Å². The minimum Gasteiger partial charge on any atom is -0.337 e. The average molecular weight is 389 g/mol. The first-order valence-corrected chi connectivity index (χ1v) is 9.75. The summed E-state index contributed by atoms with van der Waals surface area (Å²) in [4.78, 5) is 20.6. The second kappa shape index (κ2) is 7.58. The molecule has 2 saturated heterocycles. The summed E-state index contributed by atoms with van der Waals surface area (Å²) < 4.78 is 29.1. The molecule has 1 unspecified atom stereocenters. The topological polar surface area (TPSA) is 54.3 Å². The molecule has 4 heterocycles. The van der Waals surface area contributed by atoms with Crippen molar-refractivity contribution < 1.29 is 13.6 Å². The van der Waals surface area contributed by atoms with Crippen molar-refractivity contribution in [2.75, 3.05) is 26.2 Å². The highest BCUT2D eigenvalue weighted by atomic mass is 19.1. The molecule has 0 aromatic carbocycles. The smallest absolute Gasteiger partial charge is 0.275 e. The Hall–Kier alpha value is -2.35. The molecule has 8 heteroatoms. The number of pyridine rings is 1. The Balaban J connectivity index is 1.47. The molecule has 0 aliphatic carbocycles. The fourth-order valence-corrected chi connectivity index (χ4v) is 4.67. The molecule has 1 spiro atoms. The first kappa shape index (κ1) is 19.0. The number of rotatable bonds is 3. The summed E-state index contributed by atoms with van der Waals surface area (Å²) in [5, 5.41) is 4.24. The predicted octanol–water partition coefficient (Wildman–Crippen LogP) is 2.61. The summed E-state index contributed by atoms with van der Waals surface area (Å²) >= 11 is 0. The van der Waals surface area contributed by atoms with Gasteiger partial charge in [0.05, 0.1) is 11.9 Å². The van der Waals surface area contributed by atoms with Crippen LogP contribution in [-0.2, 0) is 13.6 Å². The number of carbonyl (C=O) groups excluding carboxylic acids is 1. The molecule has 150 valence electrons. The van der Waals surface area contributed by atoms with E-state index in [0.29, 0.717) is 13.1 Å². The number of carbonyl (C=O) groups is 1. The summed E-state index contributed by atoms with van der Waals surface area (Å²) in [5.41, 5.74) is 0.890. The van der Waals surface area contributed by atoms with Crippen LogP contribution < -0.4 is 0 Å². The van der Waals surface area contributed by atoms with E-state index in [0.717, 1.165) is 57.6 Å². The largest absolute Gasteiger partial charge is 0.337 e. The molecule has 0 saturated carbocycles. The number of likely N-dealkylation sites (tertiary alicyclic amines) is 2. The van der Waals surface area contributed by atoms with Gasteiger partial charge in [-0.1, -0.05) is 0 Å². The van der Waals surface area contributed by atoms with Crippen LogP contribution in [0.25, 0.3) is 0 Å². The number of hydrogen-bond acceptors (Lipinski definition) is 4. The van der Waals surface area contributed by atoms with Gasteiger partial charge in [0.15, 0.2) is 11.5 Å². The van der Waals surface area contributed by atoms with Crippen LogP contribution in [0.15, 0.2) is 24.5 Å². The SMILES string of the molecule is Cn1nccc1CN1CCCC2(CCCN(C(=O)c3ncc(F)cc3F)C2)C1. The summed E-state index contributed by atoms with van der Waals surface area (Å²) in [5.74, 6) is -2.12. The lowest BCUT2D eigenvalue weighted by atomic mass is 9.73. The Morgan fingerprint density at radius 3 is 2.71 bits per heavy atom. The third-order valence-electron chi connectivity index (χ3n) is 6.01. The fourth-order valence-electron chi connectivity index (χ4n) is 4.67. The van der Waals surface area contributed by atoms with E-state index in [4.69, 9.17) is 0 Å². The molecule has 0 N–H and O–H groups in total. The standard InChI is InChI=1S/C20H25F2N5O/c1-25-16(4-7-24-25)12-26-8-2-5-20(13-26)6-3-9-27(14-20)19(28)18-17(22)10-15(21)11-23-18/h4,7,10-11H,2-3,5-6,8-9,12-14H2,1H3. The first-order valence-electron chi connectivity index (χ1n) is 9.75. The number of halogens is 2. The monoisotopic (exact) mass is 389 g/mol. The van der Waals surface area contributed by atoms with Gasteiger partial charge in [-0.15, -0.1) is 0 Å². The summed E-state index contributed by atoms with van der Waals surface area (Å²) in [6.45, 7) is 3.93. The van der Waals surface area contributed by atoms with Crippen LogP contribution in [0.2, 0.25) is 0 Å². The lowest BCUT2D eigenvalue weighted by Gasteiger charge is -2.48. The highest BCUT2D eigenvalue weighted by molar-refractivity contribution is 5.92. The minimum atomic E-state index is -0.897. The number of nitrogens with zero attached hydrogens (tertiary/aromatic N) is 5. The van der Waals surface area contributed by atoms with Crippen LogP contribution in [0.4, 0.5) is 8.78 Å². The number of hydrogen-bond donors (Lipinski definition) is 0. The van der Waals surface area contributed by atoms with Crippen LogP contribution >= 0.6 is 0 Å². The molecule has 2 aromatic rings. The van der Waals surface area contributed by atoms with Gasteiger partial charge in [-0.05, 0) is 38.3 Å². The van der Waals surface area contributed by atoms with Crippen molar-refractivity contribution in [2.24, 2.45) is 12.5 Å². The maximum absolute atomic E-state index is 14.0. The van der Waals surface area contributed by atoms with E-state index >= 15 is 0 Å². The summed E-state index contributed by atoms with van der Waals surface area (Å²) in [7, 11) is 1.94. The zero-order valence-electron chi connectivity index (χ0n) is 16.1. The second-order valence-corrected chi connectivity index (χ2v) is 8.07. The number of piperidine rings is 2. The van der Waals surface area contributed by atoms with Crippen molar-refractivity contribution in [1.29, 1.82) is 0 Å². The molecule has 0 radical (unpaired) electrons. The highest BCUT2D eigenvalue weighted by Crippen LogP contribution is 2.39. The van der Waals surface area contributed by atoms with E-state index in [2.05, 4.69) is 15.0 Å². The molecular formula is C20H25F2N5O.